The molecule has 1 N–H and O–H groups in total. The molecule has 1 aromatic rings. The second-order valence-electron chi connectivity index (χ2n) is 6.60. The number of hydrogen-bond acceptors (Lipinski definition) is 3. The predicted molar refractivity (Wildman–Crippen MR) is 93.2 cm³/mol. The molecular weight excluding hydrogens is 304 g/mol. The van der Waals surface area contributed by atoms with Crippen molar-refractivity contribution >= 4 is 6.03 Å². The summed E-state index contributed by atoms with van der Waals surface area (Å²) in [5, 5.41) is 3.19. The van der Waals surface area contributed by atoms with Crippen LogP contribution in [-0.4, -0.2) is 48.9 Å². The van der Waals surface area contributed by atoms with Crippen LogP contribution in [0.4, 0.5) is 4.79 Å². The first-order valence-corrected chi connectivity index (χ1v) is 9.15. The van der Waals surface area contributed by atoms with Crippen LogP contribution in [0.2, 0.25) is 0 Å². The molecule has 132 valence electrons. The van der Waals surface area contributed by atoms with Gasteiger partial charge in [0.25, 0.3) is 0 Å². The maximum atomic E-state index is 12.5. The van der Waals surface area contributed by atoms with Gasteiger partial charge in [0.2, 0.25) is 0 Å². The van der Waals surface area contributed by atoms with E-state index in [0.717, 1.165) is 57.6 Å². The van der Waals surface area contributed by atoms with Gasteiger partial charge in [0, 0.05) is 19.7 Å². The second-order valence-corrected chi connectivity index (χ2v) is 6.60. The minimum absolute atomic E-state index is 0.0403. The maximum absolute atomic E-state index is 12.5. The zero-order valence-electron chi connectivity index (χ0n) is 14.4. The highest BCUT2D eigenvalue weighted by molar-refractivity contribution is 5.74. The zero-order chi connectivity index (χ0) is 16.8. The average molecular weight is 332 g/mol. The van der Waals surface area contributed by atoms with Crippen molar-refractivity contribution in [1.82, 2.24) is 10.2 Å². The number of carbonyl (C=O) groups is 1. The van der Waals surface area contributed by atoms with Gasteiger partial charge in [-0.15, -0.1) is 0 Å². The number of para-hydroxylation sites is 1. The van der Waals surface area contributed by atoms with Crippen molar-refractivity contribution in [2.24, 2.45) is 0 Å². The molecule has 2 atom stereocenters. The number of rotatable bonds is 5. The highest BCUT2D eigenvalue weighted by Crippen LogP contribution is 2.25. The van der Waals surface area contributed by atoms with Gasteiger partial charge in [-0.2, -0.15) is 0 Å². The van der Waals surface area contributed by atoms with Gasteiger partial charge in [-0.3, -0.25) is 0 Å². The minimum Gasteiger partial charge on any atom is -0.488 e. The standard InChI is InChI=1S/C19H28N2O3/c1-2-23-15-11-13-21(14-12-15)19(22)20-17-9-6-10-18(17)24-16-7-4-3-5-8-16/h3-5,7-8,15,17-18H,2,6,9-14H2,1H3,(H,20,22). The SMILES string of the molecule is CCOC1CCN(C(=O)NC2CCCC2Oc2ccccc2)CC1. The summed E-state index contributed by atoms with van der Waals surface area (Å²) in [7, 11) is 0. The van der Waals surface area contributed by atoms with Crippen molar-refractivity contribution in [2.45, 2.75) is 57.3 Å². The molecule has 0 spiro atoms. The fraction of sp³-hybridized carbons (Fsp3) is 0.632. The van der Waals surface area contributed by atoms with Crippen LogP contribution < -0.4 is 10.1 Å². The summed E-state index contributed by atoms with van der Waals surface area (Å²) in [6, 6.07) is 10.00. The summed E-state index contributed by atoms with van der Waals surface area (Å²) in [4.78, 5) is 14.4. The lowest BCUT2D eigenvalue weighted by molar-refractivity contribution is 0.0214. The Balaban J connectivity index is 1.48. The Hall–Kier alpha value is -1.75. The molecule has 1 aliphatic heterocycles. The maximum Gasteiger partial charge on any atom is 0.317 e. The van der Waals surface area contributed by atoms with Crippen molar-refractivity contribution in [2.75, 3.05) is 19.7 Å². The molecule has 2 aliphatic rings. The van der Waals surface area contributed by atoms with E-state index in [2.05, 4.69) is 5.32 Å². The Labute approximate surface area is 144 Å². The van der Waals surface area contributed by atoms with E-state index < -0.39 is 0 Å². The van der Waals surface area contributed by atoms with Gasteiger partial charge in [0.1, 0.15) is 11.9 Å². The van der Waals surface area contributed by atoms with E-state index in [1.807, 2.05) is 42.2 Å². The monoisotopic (exact) mass is 332 g/mol. The number of carbonyl (C=O) groups excluding carboxylic acids is 1. The first-order valence-electron chi connectivity index (χ1n) is 9.15. The number of amides is 2. The number of nitrogens with one attached hydrogen (secondary N) is 1. The lowest BCUT2D eigenvalue weighted by Gasteiger charge is -2.33. The Kier molecular flexibility index (Phi) is 5.96. The predicted octanol–water partition coefficient (Wildman–Crippen LogP) is 3.20. The van der Waals surface area contributed by atoms with Gasteiger partial charge in [-0.25, -0.2) is 4.79 Å². The molecule has 0 aromatic heterocycles. The topological polar surface area (TPSA) is 50.8 Å². The molecule has 2 amide bonds. The van der Waals surface area contributed by atoms with E-state index in [1.54, 1.807) is 0 Å². The van der Waals surface area contributed by atoms with Gasteiger partial charge in [-0.05, 0) is 51.2 Å². The molecule has 2 fully saturated rings. The number of urea groups is 1. The molecule has 1 saturated heterocycles. The fourth-order valence-electron chi connectivity index (χ4n) is 3.62. The molecular formula is C19H28N2O3. The number of ether oxygens (including phenoxy) is 2. The van der Waals surface area contributed by atoms with E-state index in [0.29, 0.717) is 6.10 Å². The van der Waals surface area contributed by atoms with Gasteiger partial charge in [0.05, 0.1) is 12.1 Å². The Morgan fingerprint density at radius 1 is 1.17 bits per heavy atom. The van der Waals surface area contributed by atoms with Crippen molar-refractivity contribution in [3.8, 4) is 5.75 Å². The van der Waals surface area contributed by atoms with Gasteiger partial charge in [0.15, 0.2) is 0 Å². The van der Waals surface area contributed by atoms with Crippen molar-refractivity contribution < 1.29 is 14.3 Å². The van der Waals surface area contributed by atoms with Crippen molar-refractivity contribution in [3.05, 3.63) is 30.3 Å². The molecule has 1 heterocycles. The van der Waals surface area contributed by atoms with E-state index in [1.165, 1.54) is 0 Å². The normalized spacial score (nSPS) is 24.8. The van der Waals surface area contributed by atoms with Crippen LogP contribution in [0.3, 0.4) is 0 Å². The van der Waals surface area contributed by atoms with Gasteiger partial charge < -0.3 is 19.7 Å². The third kappa shape index (κ3) is 4.41. The lowest BCUT2D eigenvalue weighted by Crippen LogP contribution is -2.51. The fourth-order valence-corrected chi connectivity index (χ4v) is 3.62. The molecule has 1 saturated carbocycles. The first-order chi connectivity index (χ1) is 11.8. The highest BCUT2D eigenvalue weighted by atomic mass is 16.5. The summed E-state index contributed by atoms with van der Waals surface area (Å²) in [6.07, 6.45) is 5.29. The number of nitrogens with zero attached hydrogens (tertiary/aromatic N) is 1. The van der Waals surface area contributed by atoms with E-state index >= 15 is 0 Å². The molecule has 5 nitrogen and oxygen atoms in total. The second kappa shape index (κ2) is 8.38. The van der Waals surface area contributed by atoms with E-state index in [-0.39, 0.29) is 18.2 Å². The Morgan fingerprint density at radius 3 is 2.62 bits per heavy atom. The van der Waals surface area contributed by atoms with Crippen LogP contribution in [0.5, 0.6) is 5.75 Å². The number of piperidine rings is 1. The molecule has 2 unspecified atom stereocenters. The van der Waals surface area contributed by atoms with Crippen LogP contribution in [-0.2, 0) is 4.74 Å². The van der Waals surface area contributed by atoms with Crippen LogP contribution in [0.25, 0.3) is 0 Å². The summed E-state index contributed by atoms with van der Waals surface area (Å²) >= 11 is 0. The van der Waals surface area contributed by atoms with E-state index in [4.69, 9.17) is 9.47 Å². The summed E-state index contributed by atoms with van der Waals surface area (Å²) in [6.45, 7) is 4.31. The van der Waals surface area contributed by atoms with Crippen molar-refractivity contribution in [3.63, 3.8) is 0 Å². The smallest absolute Gasteiger partial charge is 0.317 e. The average Bonchev–Trinajstić information content (AvgIpc) is 3.03. The molecule has 24 heavy (non-hydrogen) atoms. The quantitative estimate of drug-likeness (QED) is 0.901. The van der Waals surface area contributed by atoms with Crippen LogP contribution in [0.15, 0.2) is 30.3 Å². The van der Waals surface area contributed by atoms with Gasteiger partial charge >= 0.3 is 6.03 Å². The van der Waals surface area contributed by atoms with Crippen LogP contribution >= 0.6 is 0 Å². The molecule has 1 aliphatic carbocycles. The number of benzene rings is 1. The number of hydrogen-bond donors (Lipinski definition) is 1. The largest absolute Gasteiger partial charge is 0.488 e. The minimum atomic E-state index is 0.0403. The molecule has 3 rings (SSSR count). The molecule has 5 heteroatoms. The lowest BCUT2D eigenvalue weighted by atomic mass is 10.1. The molecule has 1 aromatic carbocycles. The Morgan fingerprint density at radius 2 is 1.92 bits per heavy atom. The van der Waals surface area contributed by atoms with E-state index in [9.17, 15) is 4.79 Å². The molecule has 0 bridgehead atoms. The third-order valence-electron chi connectivity index (χ3n) is 4.92. The summed E-state index contributed by atoms with van der Waals surface area (Å²) < 4.78 is 11.7. The first kappa shape index (κ1) is 17.1. The third-order valence-corrected chi connectivity index (χ3v) is 4.92. The Bertz CT molecular complexity index is 515. The summed E-state index contributed by atoms with van der Waals surface area (Å²) in [5.41, 5.74) is 0. The zero-order valence-corrected chi connectivity index (χ0v) is 14.4. The van der Waals surface area contributed by atoms with Crippen molar-refractivity contribution in [1.29, 1.82) is 0 Å². The molecule has 0 radical (unpaired) electrons. The number of likely N-dealkylation sites (tertiary alicyclic amines) is 1. The van der Waals surface area contributed by atoms with Gasteiger partial charge in [-0.1, -0.05) is 18.2 Å². The van der Waals surface area contributed by atoms with Crippen LogP contribution in [0.1, 0.15) is 39.0 Å². The van der Waals surface area contributed by atoms with Crippen LogP contribution in [0, 0.1) is 0 Å². The summed E-state index contributed by atoms with van der Waals surface area (Å²) in [5.74, 6) is 0.876. The highest BCUT2D eigenvalue weighted by Gasteiger charge is 2.32.